The summed E-state index contributed by atoms with van der Waals surface area (Å²) in [6.07, 6.45) is 3.29. The highest BCUT2D eigenvalue weighted by atomic mass is 32.1. The molecule has 0 aliphatic carbocycles. The van der Waals surface area contributed by atoms with Gasteiger partial charge in [-0.25, -0.2) is 14.6 Å². The van der Waals surface area contributed by atoms with Gasteiger partial charge in [-0.05, 0) is 13.8 Å². The zero-order chi connectivity index (χ0) is 12.7. The molecule has 0 unspecified atom stereocenters. The van der Waals surface area contributed by atoms with E-state index in [9.17, 15) is 4.79 Å². The average Bonchev–Trinajstić information content (AvgIpc) is 2.96. The van der Waals surface area contributed by atoms with Crippen LogP contribution in [0.3, 0.4) is 0 Å². The Labute approximate surface area is 107 Å². The molecule has 3 aromatic heterocycles. The van der Waals surface area contributed by atoms with Crippen molar-refractivity contribution in [1.82, 2.24) is 24.1 Å². The van der Waals surface area contributed by atoms with Crippen LogP contribution in [-0.4, -0.2) is 24.1 Å². The zero-order valence-electron chi connectivity index (χ0n) is 9.99. The molecular weight excluding hydrogens is 250 g/mol. The van der Waals surface area contributed by atoms with E-state index in [1.807, 2.05) is 19.2 Å². The Bertz CT molecular complexity index is 769. The van der Waals surface area contributed by atoms with Gasteiger partial charge in [0.1, 0.15) is 11.4 Å². The molecular formula is C11H11N5OS. The predicted octanol–water partition coefficient (Wildman–Crippen LogP) is 1.34. The summed E-state index contributed by atoms with van der Waals surface area (Å²) in [5.41, 5.74) is 0.372. The highest BCUT2D eigenvalue weighted by molar-refractivity contribution is 7.15. The van der Waals surface area contributed by atoms with Gasteiger partial charge in [0.25, 0.3) is 5.56 Å². The fraction of sp³-hybridized carbons (Fsp3) is 0.273. The van der Waals surface area contributed by atoms with E-state index in [4.69, 9.17) is 0 Å². The molecule has 0 radical (unpaired) electrons. The highest BCUT2D eigenvalue weighted by Crippen LogP contribution is 2.14. The summed E-state index contributed by atoms with van der Waals surface area (Å²) in [5.74, 6) is 1.23. The first-order chi connectivity index (χ1) is 8.70. The molecule has 3 rings (SSSR count). The molecule has 3 heterocycles. The Kier molecular flexibility index (Phi) is 2.48. The van der Waals surface area contributed by atoms with Crippen molar-refractivity contribution in [1.29, 1.82) is 0 Å². The maximum Gasteiger partial charge on any atom is 0.269 e. The molecule has 0 saturated heterocycles. The van der Waals surface area contributed by atoms with E-state index >= 15 is 0 Å². The number of rotatable bonds is 2. The second-order valence-corrected chi connectivity index (χ2v) is 4.70. The van der Waals surface area contributed by atoms with Gasteiger partial charge < -0.3 is 0 Å². The molecule has 0 N–H and O–H groups in total. The molecule has 6 nitrogen and oxygen atoms in total. The van der Waals surface area contributed by atoms with Crippen LogP contribution < -0.4 is 5.56 Å². The molecule has 0 fully saturated rings. The number of hydrogen-bond donors (Lipinski definition) is 0. The van der Waals surface area contributed by atoms with Crippen molar-refractivity contribution >= 4 is 16.3 Å². The molecule has 0 spiro atoms. The van der Waals surface area contributed by atoms with Crippen molar-refractivity contribution in [3.05, 3.63) is 34.0 Å². The molecule has 18 heavy (non-hydrogen) atoms. The van der Waals surface area contributed by atoms with E-state index in [0.717, 1.165) is 0 Å². The maximum absolute atomic E-state index is 12.3. The number of aromatic nitrogens is 5. The number of aryl methyl sites for hydroxylation is 2. The Morgan fingerprint density at radius 3 is 3.06 bits per heavy atom. The van der Waals surface area contributed by atoms with Crippen molar-refractivity contribution in [3.8, 4) is 11.4 Å². The Morgan fingerprint density at radius 2 is 2.28 bits per heavy atom. The third-order valence-electron chi connectivity index (χ3n) is 2.66. The maximum atomic E-state index is 12.3. The van der Waals surface area contributed by atoms with Crippen molar-refractivity contribution in [3.63, 3.8) is 0 Å². The van der Waals surface area contributed by atoms with Crippen LogP contribution in [0.2, 0.25) is 0 Å². The van der Waals surface area contributed by atoms with E-state index in [2.05, 4.69) is 15.1 Å². The normalized spacial score (nSPS) is 11.2. The van der Waals surface area contributed by atoms with Gasteiger partial charge in [-0.15, -0.1) is 11.3 Å². The van der Waals surface area contributed by atoms with Gasteiger partial charge in [0.2, 0.25) is 0 Å². The minimum Gasteiger partial charge on any atom is -0.268 e. The lowest BCUT2D eigenvalue weighted by atomic mass is 10.3. The van der Waals surface area contributed by atoms with Gasteiger partial charge in [0.05, 0.1) is 0 Å². The van der Waals surface area contributed by atoms with Crippen LogP contribution in [-0.2, 0) is 6.54 Å². The molecule has 0 atom stereocenters. The van der Waals surface area contributed by atoms with Crippen LogP contribution in [0.25, 0.3) is 16.3 Å². The van der Waals surface area contributed by atoms with Crippen LogP contribution in [0, 0.1) is 6.92 Å². The molecule has 7 heteroatoms. The second-order valence-electron chi connectivity index (χ2n) is 3.83. The number of fused-ring (bicyclic) bond motifs is 1. The lowest BCUT2D eigenvalue weighted by molar-refractivity contribution is 0.659. The molecule has 0 saturated carbocycles. The molecule has 3 aromatic rings. The first-order valence-corrected chi connectivity index (χ1v) is 6.45. The Morgan fingerprint density at radius 1 is 1.44 bits per heavy atom. The highest BCUT2D eigenvalue weighted by Gasteiger charge is 2.14. The third kappa shape index (κ3) is 1.55. The zero-order valence-corrected chi connectivity index (χ0v) is 10.8. The summed E-state index contributed by atoms with van der Waals surface area (Å²) in [6, 6.07) is 0. The van der Waals surface area contributed by atoms with Gasteiger partial charge in [0, 0.05) is 24.3 Å². The first kappa shape index (κ1) is 11.1. The lowest BCUT2D eigenvalue weighted by Crippen LogP contribution is -2.16. The minimum absolute atomic E-state index is 0.108. The minimum atomic E-state index is -0.108. The van der Waals surface area contributed by atoms with Crippen LogP contribution in [0.1, 0.15) is 12.7 Å². The largest absolute Gasteiger partial charge is 0.269 e. The third-order valence-corrected chi connectivity index (χ3v) is 3.43. The molecule has 0 bridgehead atoms. The summed E-state index contributed by atoms with van der Waals surface area (Å²) in [6.45, 7) is 4.44. The van der Waals surface area contributed by atoms with Crippen LogP contribution >= 0.6 is 11.3 Å². The van der Waals surface area contributed by atoms with E-state index in [1.54, 1.807) is 17.1 Å². The van der Waals surface area contributed by atoms with Gasteiger partial charge in [-0.3, -0.25) is 9.20 Å². The number of hydrogen-bond acceptors (Lipinski definition) is 5. The molecule has 0 aliphatic rings. The Hall–Kier alpha value is -2.02. The second kappa shape index (κ2) is 4.02. The van der Waals surface area contributed by atoms with E-state index in [1.165, 1.54) is 15.7 Å². The van der Waals surface area contributed by atoms with E-state index in [0.29, 0.717) is 28.7 Å². The van der Waals surface area contributed by atoms with E-state index in [-0.39, 0.29) is 5.56 Å². The number of thiazole rings is 1. The molecule has 0 aromatic carbocycles. The average molecular weight is 261 g/mol. The fourth-order valence-electron chi connectivity index (χ4n) is 1.85. The van der Waals surface area contributed by atoms with E-state index < -0.39 is 0 Å². The monoisotopic (exact) mass is 261 g/mol. The lowest BCUT2D eigenvalue weighted by Gasteiger charge is -2.02. The number of nitrogens with zero attached hydrogens (tertiary/aromatic N) is 5. The summed E-state index contributed by atoms with van der Waals surface area (Å²) < 4.78 is 3.25. The molecule has 0 aliphatic heterocycles. The van der Waals surface area contributed by atoms with Crippen LogP contribution in [0.5, 0.6) is 0 Å². The van der Waals surface area contributed by atoms with Crippen LogP contribution in [0.4, 0.5) is 0 Å². The summed E-state index contributed by atoms with van der Waals surface area (Å²) in [7, 11) is 0. The van der Waals surface area contributed by atoms with Gasteiger partial charge in [0.15, 0.2) is 10.8 Å². The molecule has 0 amide bonds. The van der Waals surface area contributed by atoms with Crippen molar-refractivity contribution in [2.75, 3.05) is 0 Å². The Balaban J connectivity index is 2.31. The van der Waals surface area contributed by atoms with Gasteiger partial charge in [-0.1, -0.05) is 0 Å². The molecule has 92 valence electrons. The topological polar surface area (TPSA) is 65.1 Å². The van der Waals surface area contributed by atoms with Gasteiger partial charge in [-0.2, -0.15) is 5.10 Å². The summed E-state index contributed by atoms with van der Waals surface area (Å²) in [4.78, 5) is 21.6. The summed E-state index contributed by atoms with van der Waals surface area (Å²) in [5, 5.41) is 6.08. The standard InChI is InChI=1S/C11H11N5OS/c1-3-16-9(13-7(2)14-16)8-6-12-11-15(10(8)17)4-5-18-11/h4-6H,3H2,1-2H3. The smallest absolute Gasteiger partial charge is 0.268 e. The van der Waals surface area contributed by atoms with Crippen molar-refractivity contribution in [2.45, 2.75) is 20.4 Å². The first-order valence-electron chi connectivity index (χ1n) is 5.57. The predicted molar refractivity (Wildman–Crippen MR) is 68.8 cm³/mol. The van der Waals surface area contributed by atoms with Crippen molar-refractivity contribution in [2.24, 2.45) is 0 Å². The van der Waals surface area contributed by atoms with Gasteiger partial charge >= 0.3 is 0 Å². The quantitative estimate of drug-likeness (QED) is 0.698. The van der Waals surface area contributed by atoms with Crippen LogP contribution in [0.15, 0.2) is 22.6 Å². The summed E-state index contributed by atoms with van der Waals surface area (Å²) >= 11 is 1.43. The fourth-order valence-corrected chi connectivity index (χ4v) is 2.53. The SMILES string of the molecule is CCn1nc(C)nc1-c1cnc2sccn2c1=O. The van der Waals surface area contributed by atoms with Crippen molar-refractivity contribution < 1.29 is 0 Å².